The predicted octanol–water partition coefficient (Wildman–Crippen LogP) is 4.54. The van der Waals surface area contributed by atoms with Crippen LogP contribution in [0.1, 0.15) is 45.2 Å². The van der Waals surface area contributed by atoms with Gasteiger partial charge in [0.2, 0.25) is 0 Å². The van der Waals surface area contributed by atoms with E-state index in [-0.39, 0.29) is 0 Å². The molecular weight excluding hydrogens is 290 g/mol. The van der Waals surface area contributed by atoms with Gasteiger partial charge >= 0.3 is 0 Å². The van der Waals surface area contributed by atoms with E-state index in [0.717, 1.165) is 29.6 Å². The molecule has 1 atom stereocenters. The van der Waals surface area contributed by atoms with E-state index >= 15 is 0 Å². The summed E-state index contributed by atoms with van der Waals surface area (Å²) in [6, 6.07) is 6.57. The van der Waals surface area contributed by atoms with Gasteiger partial charge in [-0.2, -0.15) is 0 Å². The van der Waals surface area contributed by atoms with Crippen molar-refractivity contribution in [3.63, 3.8) is 0 Å². The maximum absolute atomic E-state index is 5.48. The van der Waals surface area contributed by atoms with Crippen molar-refractivity contribution in [1.82, 2.24) is 5.32 Å². The van der Waals surface area contributed by atoms with Crippen LogP contribution < -0.4 is 10.1 Å². The third-order valence-electron chi connectivity index (χ3n) is 2.92. The second-order valence-corrected chi connectivity index (χ2v) is 5.94. The predicted molar refractivity (Wildman–Crippen MR) is 81.2 cm³/mol. The molecular formula is C15H24BrNO. The van der Waals surface area contributed by atoms with Gasteiger partial charge in [0, 0.05) is 16.1 Å². The summed E-state index contributed by atoms with van der Waals surface area (Å²) in [6.07, 6.45) is 2.26. The molecule has 0 amide bonds. The summed E-state index contributed by atoms with van der Waals surface area (Å²) in [5, 5.41) is 3.62. The molecule has 0 bridgehead atoms. The van der Waals surface area contributed by atoms with Gasteiger partial charge in [0.1, 0.15) is 5.75 Å². The van der Waals surface area contributed by atoms with Crippen molar-refractivity contribution in [2.24, 2.45) is 5.92 Å². The van der Waals surface area contributed by atoms with Crippen LogP contribution in [0.25, 0.3) is 0 Å². The van der Waals surface area contributed by atoms with E-state index in [1.54, 1.807) is 7.11 Å². The molecule has 102 valence electrons. The Morgan fingerprint density at radius 3 is 2.61 bits per heavy atom. The van der Waals surface area contributed by atoms with Crippen molar-refractivity contribution in [3.05, 3.63) is 28.2 Å². The fraction of sp³-hybridized carbons (Fsp3) is 0.600. The van der Waals surface area contributed by atoms with E-state index in [0.29, 0.717) is 12.0 Å². The normalized spacial score (nSPS) is 12.8. The van der Waals surface area contributed by atoms with Crippen LogP contribution in [-0.4, -0.2) is 13.7 Å². The molecule has 0 heterocycles. The van der Waals surface area contributed by atoms with Crippen LogP contribution in [0.15, 0.2) is 22.7 Å². The first-order chi connectivity index (χ1) is 8.58. The van der Waals surface area contributed by atoms with Crippen LogP contribution in [0.2, 0.25) is 0 Å². The van der Waals surface area contributed by atoms with Crippen LogP contribution in [0.5, 0.6) is 5.75 Å². The Labute approximate surface area is 119 Å². The third kappa shape index (κ3) is 4.62. The lowest BCUT2D eigenvalue weighted by atomic mass is 9.96. The zero-order chi connectivity index (χ0) is 13.5. The molecule has 0 radical (unpaired) electrons. The molecule has 1 unspecified atom stereocenters. The topological polar surface area (TPSA) is 21.3 Å². The van der Waals surface area contributed by atoms with Crippen LogP contribution in [0.4, 0.5) is 0 Å². The van der Waals surface area contributed by atoms with Crippen LogP contribution in [-0.2, 0) is 0 Å². The Morgan fingerprint density at radius 1 is 1.33 bits per heavy atom. The summed E-state index contributed by atoms with van der Waals surface area (Å²) >= 11 is 3.54. The molecule has 2 nitrogen and oxygen atoms in total. The number of methoxy groups -OCH3 is 1. The summed E-state index contributed by atoms with van der Waals surface area (Å²) in [5.41, 5.74) is 1.24. The highest BCUT2D eigenvalue weighted by Crippen LogP contribution is 2.31. The monoisotopic (exact) mass is 313 g/mol. The van der Waals surface area contributed by atoms with Crippen molar-refractivity contribution in [2.75, 3.05) is 13.7 Å². The van der Waals surface area contributed by atoms with Gasteiger partial charge in [0.05, 0.1) is 7.11 Å². The first-order valence-corrected chi connectivity index (χ1v) is 7.44. The molecule has 1 rings (SSSR count). The number of hydrogen-bond donors (Lipinski definition) is 1. The van der Waals surface area contributed by atoms with Gasteiger partial charge in [-0.3, -0.25) is 0 Å². The van der Waals surface area contributed by atoms with Crippen LogP contribution in [0, 0.1) is 5.92 Å². The highest BCUT2D eigenvalue weighted by Gasteiger charge is 2.17. The third-order valence-corrected chi connectivity index (χ3v) is 3.41. The summed E-state index contributed by atoms with van der Waals surface area (Å²) in [6.45, 7) is 7.74. The maximum atomic E-state index is 5.48. The quantitative estimate of drug-likeness (QED) is 0.797. The van der Waals surface area contributed by atoms with E-state index < -0.39 is 0 Å². The zero-order valence-electron chi connectivity index (χ0n) is 11.8. The van der Waals surface area contributed by atoms with Crippen molar-refractivity contribution < 1.29 is 4.74 Å². The van der Waals surface area contributed by atoms with E-state index in [2.05, 4.69) is 48.1 Å². The fourth-order valence-corrected chi connectivity index (χ4v) is 2.47. The maximum Gasteiger partial charge on any atom is 0.123 e. The highest BCUT2D eigenvalue weighted by molar-refractivity contribution is 9.10. The van der Waals surface area contributed by atoms with Gasteiger partial charge < -0.3 is 10.1 Å². The molecule has 18 heavy (non-hydrogen) atoms. The van der Waals surface area contributed by atoms with E-state index in [1.165, 1.54) is 5.56 Å². The summed E-state index contributed by atoms with van der Waals surface area (Å²) in [5.74, 6) is 1.62. The van der Waals surface area contributed by atoms with E-state index in [1.807, 2.05) is 12.1 Å². The highest BCUT2D eigenvalue weighted by atomic mass is 79.9. The molecule has 1 aromatic carbocycles. The molecule has 0 saturated carbocycles. The Balaban J connectivity index is 2.98. The second kappa shape index (κ2) is 7.80. The van der Waals surface area contributed by atoms with Crippen LogP contribution in [0.3, 0.4) is 0 Å². The van der Waals surface area contributed by atoms with Gasteiger partial charge in [-0.1, -0.05) is 36.7 Å². The number of nitrogens with one attached hydrogen (secondary N) is 1. The lowest BCUT2D eigenvalue weighted by molar-refractivity contribution is 0.381. The molecule has 1 aromatic rings. The SMILES string of the molecule is CCCNC(CC(C)C)c1cc(Br)ccc1OC. The minimum atomic E-state index is 0.359. The van der Waals surface area contributed by atoms with Crippen molar-refractivity contribution in [2.45, 2.75) is 39.7 Å². The van der Waals surface area contributed by atoms with Crippen molar-refractivity contribution in [1.29, 1.82) is 0 Å². The summed E-state index contributed by atoms with van der Waals surface area (Å²) < 4.78 is 6.58. The minimum Gasteiger partial charge on any atom is -0.496 e. The number of rotatable bonds is 7. The Morgan fingerprint density at radius 2 is 2.06 bits per heavy atom. The van der Waals surface area contributed by atoms with Crippen LogP contribution >= 0.6 is 15.9 Å². The van der Waals surface area contributed by atoms with Gasteiger partial charge in [-0.15, -0.1) is 0 Å². The van der Waals surface area contributed by atoms with Gasteiger partial charge in [-0.05, 0) is 43.5 Å². The average molecular weight is 314 g/mol. The second-order valence-electron chi connectivity index (χ2n) is 5.02. The standard InChI is InChI=1S/C15H24BrNO/c1-5-8-17-14(9-11(2)3)13-10-12(16)6-7-15(13)18-4/h6-7,10-11,14,17H,5,8-9H2,1-4H3. The smallest absolute Gasteiger partial charge is 0.123 e. The zero-order valence-corrected chi connectivity index (χ0v) is 13.4. The molecule has 0 fully saturated rings. The summed E-state index contributed by atoms with van der Waals surface area (Å²) in [4.78, 5) is 0. The van der Waals surface area contributed by atoms with Crippen molar-refractivity contribution >= 4 is 15.9 Å². The molecule has 0 aromatic heterocycles. The van der Waals surface area contributed by atoms with E-state index in [9.17, 15) is 0 Å². The summed E-state index contributed by atoms with van der Waals surface area (Å²) in [7, 11) is 1.74. The molecule has 0 saturated heterocycles. The number of hydrogen-bond acceptors (Lipinski definition) is 2. The first kappa shape index (κ1) is 15.5. The van der Waals surface area contributed by atoms with E-state index in [4.69, 9.17) is 4.74 Å². The lowest BCUT2D eigenvalue weighted by Crippen LogP contribution is -2.24. The Hall–Kier alpha value is -0.540. The van der Waals surface area contributed by atoms with Crippen molar-refractivity contribution in [3.8, 4) is 5.75 Å². The molecule has 0 aliphatic carbocycles. The lowest BCUT2D eigenvalue weighted by Gasteiger charge is -2.23. The molecule has 1 N–H and O–H groups in total. The average Bonchev–Trinajstić information content (AvgIpc) is 2.34. The Kier molecular flexibility index (Phi) is 6.72. The largest absolute Gasteiger partial charge is 0.496 e. The van der Waals surface area contributed by atoms with Gasteiger partial charge in [0.25, 0.3) is 0 Å². The molecule has 0 aliphatic heterocycles. The fourth-order valence-electron chi connectivity index (χ4n) is 2.09. The molecule has 0 aliphatic rings. The number of ether oxygens (including phenoxy) is 1. The number of halogens is 1. The Bertz CT molecular complexity index is 366. The minimum absolute atomic E-state index is 0.359. The number of benzene rings is 1. The van der Waals surface area contributed by atoms with Gasteiger partial charge in [-0.25, -0.2) is 0 Å². The molecule has 3 heteroatoms. The van der Waals surface area contributed by atoms with Gasteiger partial charge in [0.15, 0.2) is 0 Å². The molecule has 0 spiro atoms. The first-order valence-electron chi connectivity index (χ1n) is 6.65.